The van der Waals surface area contributed by atoms with Crippen LogP contribution in [-0.2, 0) is 16.8 Å². The molecule has 1 amide bonds. The summed E-state index contributed by atoms with van der Waals surface area (Å²) in [6.07, 6.45) is 7.97. The SMILES string of the molecule is CC(C)n1cc(Nc2nccc(-c3ccc4c(c3)CN(C3COC3)CCC4NC(=O)c3cn(C(C)(C)C)nn3)n2)cn1. The molecular weight excluding hydrogens is 532 g/mol. The molecule has 5 heterocycles. The summed E-state index contributed by atoms with van der Waals surface area (Å²) in [6, 6.07) is 8.77. The molecular formula is C30H38N10O2. The Balaban J connectivity index is 1.26. The summed E-state index contributed by atoms with van der Waals surface area (Å²) in [6.45, 7) is 13.3. The highest BCUT2D eigenvalue weighted by atomic mass is 16.5. The maximum absolute atomic E-state index is 13.3. The van der Waals surface area contributed by atoms with Crippen LogP contribution >= 0.6 is 0 Å². The molecule has 0 saturated carbocycles. The topological polar surface area (TPSA) is 128 Å². The van der Waals surface area contributed by atoms with Crippen LogP contribution in [0.2, 0.25) is 0 Å². The third kappa shape index (κ3) is 5.90. The number of nitrogens with one attached hydrogen (secondary N) is 2. The number of hydrogen-bond donors (Lipinski definition) is 2. The van der Waals surface area contributed by atoms with Gasteiger partial charge in [-0.2, -0.15) is 5.10 Å². The van der Waals surface area contributed by atoms with Crippen molar-refractivity contribution in [1.29, 1.82) is 0 Å². The van der Waals surface area contributed by atoms with E-state index in [0.717, 1.165) is 60.8 Å². The van der Waals surface area contributed by atoms with Gasteiger partial charge >= 0.3 is 0 Å². The number of aromatic nitrogens is 7. The Morgan fingerprint density at radius 3 is 2.67 bits per heavy atom. The second kappa shape index (κ2) is 11.3. The Bertz CT molecular complexity index is 1570. The number of hydrogen-bond acceptors (Lipinski definition) is 9. The minimum Gasteiger partial charge on any atom is -0.378 e. The van der Waals surface area contributed by atoms with Crippen molar-refractivity contribution in [3.63, 3.8) is 0 Å². The van der Waals surface area contributed by atoms with Gasteiger partial charge in [0, 0.05) is 37.1 Å². The standard InChI is InChI=1S/C30H38N10O2/c1-19(2)39-15-22(13-32-39)33-29-31-10-8-25(35-29)20-6-7-24-21(12-20)14-38(23-17-42-18-23)11-9-26(24)34-28(41)27-16-40(37-36-27)30(3,4)5/h6-8,10,12-13,15-16,19,23,26H,9,11,14,17-18H2,1-5H3,(H,34,41)(H,31,33,35). The highest BCUT2D eigenvalue weighted by molar-refractivity contribution is 5.92. The third-order valence-electron chi connectivity index (χ3n) is 7.79. The molecule has 1 saturated heterocycles. The summed E-state index contributed by atoms with van der Waals surface area (Å²) in [7, 11) is 0. The maximum atomic E-state index is 13.3. The number of nitrogens with zero attached hydrogens (tertiary/aromatic N) is 8. The summed E-state index contributed by atoms with van der Waals surface area (Å²) in [4.78, 5) is 24.9. The van der Waals surface area contributed by atoms with E-state index < -0.39 is 0 Å². The van der Waals surface area contributed by atoms with Gasteiger partial charge in [0.1, 0.15) is 0 Å². The van der Waals surface area contributed by atoms with Crippen LogP contribution < -0.4 is 10.6 Å². The van der Waals surface area contributed by atoms with Crippen LogP contribution in [0.3, 0.4) is 0 Å². The number of ether oxygens (including phenoxy) is 1. The lowest BCUT2D eigenvalue weighted by Crippen LogP contribution is -2.48. The normalized spacial score (nSPS) is 17.9. The van der Waals surface area contributed by atoms with Gasteiger partial charge < -0.3 is 15.4 Å². The number of benzene rings is 1. The monoisotopic (exact) mass is 570 g/mol. The van der Waals surface area contributed by atoms with Crippen LogP contribution in [0, 0.1) is 0 Å². The van der Waals surface area contributed by atoms with Crippen molar-refractivity contribution >= 4 is 17.5 Å². The van der Waals surface area contributed by atoms with E-state index in [1.807, 2.05) is 37.7 Å². The van der Waals surface area contributed by atoms with Crippen LogP contribution in [0.15, 0.2) is 49.1 Å². The number of rotatable bonds is 7. The van der Waals surface area contributed by atoms with Gasteiger partial charge in [0.2, 0.25) is 5.95 Å². The molecule has 1 aromatic carbocycles. The lowest BCUT2D eigenvalue weighted by atomic mass is 9.96. The summed E-state index contributed by atoms with van der Waals surface area (Å²) < 4.78 is 9.11. The van der Waals surface area contributed by atoms with Gasteiger partial charge in [-0.1, -0.05) is 17.3 Å². The quantitative estimate of drug-likeness (QED) is 0.338. The summed E-state index contributed by atoms with van der Waals surface area (Å²) in [5.41, 5.74) is 4.96. The minimum absolute atomic E-state index is 0.160. The average molecular weight is 571 g/mol. The molecule has 1 fully saturated rings. The second-order valence-electron chi connectivity index (χ2n) is 12.3. The van der Waals surface area contributed by atoms with E-state index >= 15 is 0 Å². The van der Waals surface area contributed by atoms with Gasteiger partial charge in [0.15, 0.2) is 5.69 Å². The lowest BCUT2D eigenvalue weighted by molar-refractivity contribution is -0.0678. The van der Waals surface area contributed by atoms with Crippen LogP contribution in [0.1, 0.15) is 74.7 Å². The molecule has 4 aromatic rings. The Kier molecular flexibility index (Phi) is 7.50. The zero-order valence-corrected chi connectivity index (χ0v) is 24.8. The Morgan fingerprint density at radius 2 is 1.98 bits per heavy atom. The molecule has 0 spiro atoms. The fourth-order valence-electron chi connectivity index (χ4n) is 5.21. The van der Waals surface area contributed by atoms with Crippen molar-refractivity contribution in [3.8, 4) is 11.3 Å². The van der Waals surface area contributed by atoms with Crippen LogP contribution in [0.25, 0.3) is 11.3 Å². The highest BCUT2D eigenvalue weighted by Gasteiger charge is 2.32. The predicted octanol–water partition coefficient (Wildman–Crippen LogP) is 4.09. The van der Waals surface area contributed by atoms with Crippen molar-refractivity contribution in [2.24, 2.45) is 0 Å². The van der Waals surface area contributed by atoms with Gasteiger partial charge in [-0.25, -0.2) is 14.6 Å². The van der Waals surface area contributed by atoms with Gasteiger partial charge in [0.05, 0.1) is 54.6 Å². The highest BCUT2D eigenvalue weighted by Crippen LogP contribution is 2.32. The lowest BCUT2D eigenvalue weighted by Gasteiger charge is -2.36. The van der Waals surface area contributed by atoms with E-state index in [4.69, 9.17) is 9.72 Å². The van der Waals surface area contributed by atoms with Crippen LogP contribution in [0.5, 0.6) is 0 Å². The average Bonchev–Trinajstić information content (AvgIpc) is 3.57. The van der Waals surface area contributed by atoms with E-state index in [1.165, 1.54) is 0 Å². The van der Waals surface area contributed by atoms with Gasteiger partial charge in [-0.15, -0.1) is 5.10 Å². The molecule has 2 aliphatic rings. The Hall–Kier alpha value is -4.16. The molecule has 12 heteroatoms. The van der Waals surface area contributed by atoms with E-state index in [1.54, 1.807) is 23.3 Å². The van der Waals surface area contributed by atoms with Crippen molar-refractivity contribution in [2.45, 2.75) is 71.2 Å². The van der Waals surface area contributed by atoms with Crippen molar-refractivity contribution in [2.75, 3.05) is 25.1 Å². The minimum atomic E-state index is -0.255. The first-order valence-electron chi connectivity index (χ1n) is 14.5. The number of amides is 1. The molecule has 2 N–H and O–H groups in total. The number of fused-ring (bicyclic) bond motifs is 1. The smallest absolute Gasteiger partial charge is 0.273 e. The first-order valence-corrected chi connectivity index (χ1v) is 14.5. The molecule has 12 nitrogen and oxygen atoms in total. The first kappa shape index (κ1) is 28.0. The molecule has 1 unspecified atom stereocenters. The number of anilines is 2. The molecule has 220 valence electrons. The zero-order chi connectivity index (χ0) is 29.4. The van der Waals surface area contributed by atoms with Crippen molar-refractivity contribution in [1.82, 2.24) is 45.0 Å². The summed E-state index contributed by atoms with van der Waals surface area (Å²) >= 11 is 0. The number of carbonyl (C=O) groups is 1. The molecule has 0 bridgehead atoms. The van der Waals surface area contributed by atoms with Gasteiger partial charge in [0.25, 0.3) is 5.91 Å². The maximum Gasteiger partial charge on any atom is 0.273 e. The second-order valence-corrected chi connectivity index (χ2v) is 12.3. The Morgan fingerprint density at radius 1 is 1.14 bits per heavy atom. The predicted molar refractivity (Wildman–Crippen MR) is 158 cm³/mol. The summed E-state index contributed by atoms with van der Waals surface area (Å²) in [5, 5.41) is 19.2. The van der Waals surface area contributed by atoms with E-state index in [2.05, 4.69) is 68.0 Å². The molecule has 42 heavy (non-hydrogen) atoms. The zero-order valence-electron chi connectivity index (χ0n) is 24.8. The largest absolute Gasteiger partial charge is 0.378 e. The molecule has 6 rings (SSSR count). The fourth-order valence-corrected chi connectivity index (χ4v) is 5.21. The van der Waals surface area contributed by atoms with E-state index in [0.29, 0.717) is 17.7 Å². The van der Waals surface area contributed by atoms with Crippen molar-refractivity contribution < 1.29 is 9.53 Å². The molecule has 2 aliphatic heterocycles. The van der Waals surface area contributed by atoms with Crippen LogP contribution in [-0.4, -0.2) is 71.3 Å². The molecule has 0 radical (unpaired) electrons. The number of carbonyl (C=O) groups excluding carboxylic acids is 1. The van der Waals surface area contributed by atoms with Gasteiger partial charge in [-0.05, 0) is 64.3 Å². The molecule has 1 atom stereocenters. The van der Waals surface area contributed by atoms with Crippen molar-refractivity contribution in [3.05, 3.63) is 65.9 Å². The first-order chi connectivity index (χ1) is 20.1. The molecule has 0 aliphatic carbocycles. The Labute approximate surface area is 245 Å². The van der Waals surface area contributed by atoms with Crippen LogP contribution in [0.4, 0.5) is 11.6 Å². The molecule has 3 aromatic heterocycles. The fraction of sp³-hybridized carbons (Fsp3) is 0.467. The third-order valence-corrected chi connectivity index (χ3v) is 7.79. The van der Waals surface area contributed by atoms with E-state index in [9.17, 15) is 4.79 Å². The van der Waals surface area contributed by atoms with E-state index in [-0.39, 0.29) is 23.5 Å². The van der Waals surface area contributed by atoms with Gasteiger partial charge in [-0.3, -0.25) is 14.4 Å². The summed E-state index contributed by atoms with van der Waals surface area (Å²) in [5.74, 6) is 0.283.